The molecular weight excluding hydrogens is 196 g/mol. The molecule has 0 aliphatic carbocycles. The van der Waals surface area contributed by atoms with Crippen molar-refractivity contribution in [3.05, 3.63) is 34.9 Å². The van der Waals surface area contributed by atoms with E-state index in [1.165, 1.54) is 11.1 Å². The first-order valence-electron chi connectivity index (χ1n) is 5.93. The second-order valence-electron chi connectivity index (χ2n) is 4.77. The molecule has 0 saturated heterocycles. The number of allylic oxidation sites excluding steroid dienone is 6. The lowest BCUT2D eigenvalue weighted by molar-refractivity contribution is -0.105. The smallest absolute Gasteiger partial charge is 0.146 e. The summed E-state index contributed by atoms with van der Waals surface area (Å²) in [4.78, 5) is 10.8. The van der Waals surface area contributed by atoms with Crippen LogP contribution in [0.5, 0.6) is 0 Å². The highest BCUT2D eigenvalue weighted by Gasteiger charge is 1.99. The summed E-state index contributed by atoms with van der Waals surface area (Å²) in [6, 6.07) is 0. The molecule has 0 unspecified atom stereocenters. The van der Waals surface area contributed by atoms with E-state index in [1.54, 1.807) is 0 Å². The van der Waals surface area contributed by atoms with Crippen molar-refractivity contribution in [2.45, 2.75) is 47.5 Å². The van der Waals surface area contributed by atoms with Crippen LogP contribution >= 0.6 is 0 Å². The largest absolute Gasteiger partial charge is 0.298 e. The van der Waals surface area contributed by atoms with Crippen molar-refractivity contribution in [1.29, 1.82) is 0 Å². The third-order valence-corrected chi connectivity index (χ3v) is 2.45. The summed E-state index contributed by atoms with van der Waals surface area (Å²) in [6.07, 6.45) is 9.33. The summed E-state index contributed by atoms with van der Waals surface area (Å²) in [6.45, 7) is 10.4. The molecule has 1 nitrogen and oxygen atoms in total. The highest BCUT2D eigenvalue weighted by atomic mass is 16.1. The van der Waals surface area contributed by atoms with E-state index in [9.17, 15) is 4.79 Å². The fraction of sp³-hybridized carbons (Fsp3) is 0.533. The van der Waals surface area contributed by atoms with Crippen LogP contribution in [0.2, 0.25) is 0 Å². The second-order valence-corrected chi connectivity index (χ2v) is 4.77. The maximum absolute atomic E-state index is 10.8. The quantitative estimate of drug-likeness (QED) is 0.279. The van der Waals surface area contributed by atoms with Crippen molar-refractivity contribution in [1.82, 2.24) is 0 Å². The van der Waals surface area contributed by atoms with E-state index in [0.29, 0.717) is 5.92 Å². The van der Waals surface area contributed by atoms with Crippen LogP contribution in [0.15, 0.2) is 34.9 Å². The van der Waals surface area contributed by atoms with Gasteiger partial charge in [0.1, 0.15) is 6.29 Å². The van der Waals surface area contributed by atoms with Gasteiger partial charge in [-0.2, -0.15) is 0 Å². The Hall–Kier alpha value is -1.11. The topological polar surface area (TPSA) is 17.1 Å². The first-order chi connectivity index (χ1) is 7.47. The minimum atomic E-state index is 0.305. The van der Waals surface area contributed by atoms with Crippen molar-refractivity contribution < 1.29 is 4.79 Å². The molecule has 0 aliphatic heterocycles. The summed E-state index contributed by atoms with van der Waals surface area (Å²) in [5.74, 6) is 0.305. The zero-order chi connectivity index (χ0) is 12.6. The Morgan fingerprint density at radius 2 is 1.75 bits per heavy atom. The number of aldehydes is 1. The normalized spacial score (nSPS) is 12.9. The molecule has 0 atom stereocenters. The van der Waals surface area contributed by atoms with E-state index < -0.39 is 0 Å². The summed E-state index contributed by atoms with van der Waals surface area (Å²) in [7, 11) is 0. The summed E-state index contributed by atoms with van der Waals surface area (Å²) in [5, 5.41) is 0. The molecule has 0 amide bonds. The standard InChI is InChI=1S/C15H24O/c1-12(2)7-6-8-14(5)9-10-15(11-16)13(3)4/h7,9-11,13H,6,8H2,1-5H3/b14-9+,15-10-. The number of hydrogen-bond acceptors (Lipinski definition) is 1. The molecule has 0 aliphatic rings. The van der Waals surface area contributed by atoms with Crippen LogP contribution in [0.4, 0.5) is 0 Å². The second kappa shape index (κ2) is 8.09. The number of carbonyl (C=O) groups is 1. The van der Waals surface area contributed by atoms with Crippen molar-refractivity contribution >= 4 is 6.29 Å². The maximum Gasteiger partial charge on any atom is 0.146 e. The van der Waals surface area contributed by atoms with E-state index in [2.05, 4.69) is 32.9 Å². The highest BCUT2D eigenvalue weighted by Crippen LogP contribution is 2.10. The van der Waals surface area contributed by atoms with Crippen LogP contribution in [0.25, 0.3) is 0 Å². The fourth-order valence-corrected chi connectivity index (χ4v) is 1.28. The number of hydrogen-bond donors (Lipinski definition) is 0. The van der Waals surface area contributed by atoms with E-state index in [-0.39, 0.29) is 0 Å². The summed E-state index contributed by atoms with van der Waals surface area (Å²) < 4.78 is 0. The van der Waals surface area contributed by atoms with Gasteiger partial charge in [-0.25, -0.2) is 0 Å². The third-order valence-electron chi connectivity index (χ3n) is 2.45. The van der Waals surface area contributed by atoms with Crippen molar-refractivity contribution in [3.8, 4) is 0 Å². The monoisotopic (exact) mass is 220 g/mol. The molecular formula is C15H24O. The SMILES string of the molecule is CC(C)=CCC/C(C)=C/C=C(/C=O)C(C)C. The van der Waals surface area contributed by atoms with Crippen LogP contribution < -0.4 is 0 Å². The summed E-state index contributed by atoms with van der Waals surface area (Å²) >= 11 is 0. The Kier molecular flexibility index (Phi) is 7.53. The van der Waals surface area contributed by atoms with E-state index in [1.807, 2.05) is 19.9 Å². The zero-order valence-corrected chi connectivity index (χ0v) is 11.2. The first kappa shape index (κ1) is 14.9. The third kappa shape index (κ3) is 7.22. The molecule has 0 aromatic heterocycles. The van der Waals surface area contributed by atoms with Crippen LogP contribution in [0.1, 0.15) is 47.5 Å². The van der Waals surface area contributed by atoms with Crippen molar-refractivity contribution in [2.75, 3.05) is 0 Å². The van der Waals surface area contributed by atoms with E-state index >= 15 is 0 Å². The molecule has 0 N–H and O–H groups in total. The van der Waals surface area contributed by atoms with Gasteiger partial charge in [0.15, 0.2) is 0 Å². The molecule has 0 rings (SSSR count). The predicted octanol–water partition coefficient (Wildman–Crippen LogP) is 4.46. The molecule has 0 heterocycles. The molecule has 0 spiro atoms. The van der Waals surface area contributed by atoms with Gasteiger partial charge in [-0.05, 0) is 45.1 Å². The average Bonchev–Trinajstić information content (AvgIpc) is 2.17. The molecule has 0 saturated carbocycles. The van der Waals surface area contributed by atoms with Crippen molar-refractivity contribution in [2.24, 2.45) is 5.92 Å². The molecule has 0 aromatic carbocycles. The van der Waals surface area contributed by atoms with Crippen molar-refractivity contribution in [3.63, 3.8) is 0 Å². The molecule has 0 fully saturated rings. The lowest BCUT2D eigenvalue weighted by Crippen LogP contribution is -1.94. The van der Waals surface area contributed by atoms with Gasteiger partial charge in [0.2, 0.25) is 0 Å². The van der Waals surface area contributed by atoms with Crippen LogP contribution in [0, 0.1) is 5.92 Å². The minimum Gasteiger partial charge on any atom is -0.298 e. The molecule has 16 heavy (non-hydrogen) atoms. The van der Waals surface area contributed by atoms with Gasteiger partial charge in [-0.1, -0.05) is 43.2 Å². The first-order valence-corrected chi connectivity index (χ1v) is 5.93. The van der Waals surface area contributed by atoms with E-state index in [4.69, 9.17) is 0 Å². The van der Waals surface area contributed by atoms with Gasteiger partial charge in [0.25, 0.3) is 0 Å². The Labute approximate surface area is 99.9 Å². The Morgan fingerprint density at radius 1 is 1.12 bits per heavy atom. The van der Waals surface area contributed by atoms with Gasteiger partial charge in [0.05, 0.1) is 0 Å². The highest BCUT2D eigenvalue weighted by molar-refractivity contribution is 5.74. The molecule has 0 radical (unpaired) electrons. The predicted molar refractivity (Wildman–Crippen MR) is 71.4 cm³/mol. The number of carbonyl (C=O) groups excluding carboxylic acids is 1. The zero-order valence-electron chi connectivity index (χ0n) is 11.2. The van der Waals surface area contributed by atoms with Gasteiger partial charge < -0.3 is 0 Å². The summed E-state index contributed by atoms with van der Waals surface area (Å²) in [5.41, 5.74) is 3.54. The van der Waals surface area contributed by atoms with Gasteiger partial charge in [0, 0.05) is 0 Å². The Morgan fingerprint density at radius 3 is 2.19 bits per heavy atom. The Bertz CT molecular complexity index is 299. The van der Waals surface area contributed by atoms with Gasteiger partial charge >= 0.3 is 0 Å². The van der Waals surface area contributed by atoms with Gasteiger partial charge in [-0.3, -0.25) is 4.79 Å². The van der Waals surface area contributed by atoms with Crippen LogP contribution in [-0.4, -0.2) is 6.29 Å². The molecule has 0 bridgehead atoms. The Balaban J connectivity index is 4.32. The fourth-order valence-electron chi connectivity index (χ4n) is 1.28. The molecule has 0 aromatic rings. The average molecular weight is 220 g/mol. The maximum atomic E-state index is 10.8. The molecule has 1 heteroatoms. The molecule has 90 valence electrons. The van der Waals surface area contributed by atoms with Crippen LogP contribution in [0.3, 0.4) is 0 Å². The minimum absolute atomic E-state index is 0.305. The van der Waals surface area contributed by atoms with Gasteiger partial charge in [-0.15, -0.1) is 0 Å². The number of rotatable bonds is 6. The lowest BCUT2D eigenvalue weighted by Gasteiger charge is -2.02. The van der Waals surface area contributed by atoms with Crippen LogP contribution in [-0.2, 0) is 4.79 Å². The van der Waals surface area contributed by atoms with E-state index in [0.717, 1.165) is 24.7 Å². The lowest BCUT2D eigenvalue weighted by atomic mass is 10.0.